The number of carboxylic acid groups (broad SMARTS) is 1. The minimum atomic E-state index is -3.84. The molecule has 0 saturated carbocycles. The Labute approximate surface area is 168 Å². The summed E-state index contributed by atoms with van der Waals surface area (Å²) in [7, 11) is -3.84. The van der Waals surface area contributed by atoms with Crippen molar-refractivity contribution in [2.75, 3.05) is 23.9 Å². The number of nitrogens with zero attached hydrogens (tertiary/aromatic N) is 3. The second-order valence-corrected chi connectivity index (χ2v) is 8.84. The molecule has 2 heterocycles. The van der Waals surface area contributed by atoms with E-state index >= 15 is 0 Å². The summed E-state index contributed by atoms with van der Waals surface area (Å²) >= 11 is 6.08. The lowest BCUT2D eigenvalue weighted by Crippen LogP contribution is -2.55. The van der Waals surface area contributed by atoms with E-state index in [-0.39, 0.29) is 18.2 Å². The van der Waals surface area contributed by atoms with Crippen LogP contribution in [-0.2, 0) is 16.8 Å². The van der Waals surface area contributed by atoms with Gasteiger partial charge in [-0.05, 0) is 37.3 Å². The standard InChI is InChI=1S/C18H21ClN4O4S/c1-13-11-22(8-7-20-13)28(26,27)23(17-4-2-3-15(19)9-17)12-16-6-5-14(10-21-16)18(24)25/h2-6,9-10,13,20H,7-8,11-12H2,1H3,(H,24,25)/t13-/m0/s1. The van der Waals surface area contributed by atoms with Gasteiger partial charge in [-0.15, -0.1) is 0 Å². The quantitative estimate of drug-likeness (QED) is 0.735. The first-order valence-corrected chi connectivity index (χ1v) is 10.5. The summed E-state index contributed by atoms with van der Waals surface area (Å²) in [6, 6.07) is 9.55. The van der Waals surface area contributed by atoms with Crippen LogP contribution in [-0.4, -0.2) is 54.5 Å². The van der Waals surface area contributed by atoms with Crippen LogP contribution in [0.3, 0.4) is 0 Å². The Balaban J connectivity index is 1.96. The number of rotatable bonds is 6. The number of carbonyl (C=O) groups is 1. The highest BCUT2D eigenvalue weighted by Crippen LogP contribution is 2.26. The van der Waals surface area contributed by atoms with Gasteiger partial charge in [0.15, 0.2) is 0 Å². The van der Waals surface area contributed by atoms with Crippen molar-refractivity contribution in [1.29, 1.82) is 0 Å². The summed E-state index contributed by atoms with van der Waals surface area (Å²) in [5, 5.41) is 12.7. The van der Waals surface area contributed by atoms with Gasteiger partial charge in [0.1, 0.15) is 0 Å². The number of piperazine rings is 1. The monoisotopic (exact) mass is 424 g/mol. The van der Waals surface area contributed by atoms with E-state index in [2.05, 4.69) is 10.3 Å². The van der Waals surface area contributed by atoms with Crippen LogP contribution in [0.5, 0.6) is 0 Å². The number of benzene rings is 1. The fourth-order valence-corrected chi connectivity index (χ4v) is 4.85. The Morgan fingerprint density at radius 2 is 2.18 bits per heavy atom. The van der Waals surface area contributed by atoms with Gasteiger partial charge in [-0.25, -0.2) is 4.79 Å². The maximum Gasteiger partial charge on any atom is 0.337 e. The molecular weight excluding hydrogens is 404 g/mol. The first-order chi connectivity index (χ1) is 13.3. The number of pyridine rings is 1. The van der Waals surface area contributed by atoms with E-state index in [9.17, 15) is 13.2 Å². The molecule has 2 aromatic rings. The number of nitrogens with one attached hydrogen (secondary N) is 1. The van der Waals surface area contributed by atoms with Gasteiger partial charge in [-0.1, -0.05) is 17.7 Å². The van der Waals surface area contributed by atoms with Crippen LogP contribution in [0.15, 0.2) is 42.6 Å². The van der Waals surface area contributed by atoms with Crippen molar-refractivity contribution in [3.8, 4) is 0 Å². The van der Waals surface area contributed by atoms with Gasteiger partial charge in [0.25, 0.3) is 0 Å². The van der Waals surface area contributed by atoms with Crippen molar-refractivity contribution < 1.29 is 18.3 Å². The topological polar surface area (TPSA) is 103 Å². The molecule has 1 aromatic carbocycles. The number of hydrogen-bond acceptors (Lipinski definition) is 5. The van der Waals surface area contributed by atoms with E-state index in [1.807, 2.05) is 6.92 Å². The fourth-order valence-electron chi connectivity index (χ4n) is 2.97. The molecule has 1 saturated heterocycles. The maximum atomic E-state index is 13.4. The van der Waals surface area contributed by atoms with Gasteiger partial charge in [0.05, 0.1) is 23.5 Å². The van der Waals surface area contributed by atoms with Crippen LogP contribution >= 0.6 is 11.6 Å². The SMILES string of the molecule is C[C@H]1CN(S(=O)(=O)N(Cc2ccc(C(=O)O)cn2)c2cccc(Cl)c2)CCN1. The van der Waals surface area contributed by atoms with Crippen LogP contribution < -0.4 is 9.62 Å². The number of aromatic nitrogens is 1. The van der Waals surface area contributed by atoms with Crippen molar-refractivity contribution >= 4 is 33.5 Å². The van der Waals surface area contributed by atoms with Crippen LogP contribution in [0.4, 0.5) is 5.69 Å². The van der Waals surface area contributed by atoms with Crippen LogP contribution in [0.25, 0.3) is 0 Å². The maximum absolute atomic E-state index is 13.4. The Kier molecular flexibility index (Phi) is 6.19. The third kappa shape index (κ3) is 4.61. The Morgan fingerprint density at radius 1 is 1.39 bits per heavy atom. The second-order valence-electron chi connectivity index (χ2n) is 6.55. The van der Waals surface area contributed by atoms with Gasteiger partial charge in [-0.3, -0.25) is 9.29 Å². The van der Waals surface area contributed by atoms with Gasteiger partial charge in [0, 0.05) is 36.9 Å². The van der Waals surface area contributed by atoms with Crippen molar-refractivity contribution in [1.82, 2.24) is 14.6 Å². The number of halogens is 1. The Morgan fingerprint density at radius 3 is 2.79 bits per heavy atom. The summed E-state index contributed by atoms with van der Waals surface area (Å²) < 4.78 is 29.4. The summed E-state index contributed by atoms with van der Waals surface area (Å²) in [4.78, 5) is 15.1. The molecule has 0 amide bonds. The lowest BCUT2D eigenvalue weighted by atomic mass is 10.2. The molecule has 8 nitrogen and oxygen atoms in total. The first-order valence-electron chi connectivity index (χ1n) is 8.72. The molecule has 150 valence electrons. The number of carboxylic acids is 1. The van der Waals surface area contributed by atoms with Crippen molar-refractivity contribution in [2.45, 2.75) is 19.5 Å². The van der Waals surface area contributed by atoms with Gasteiger partial charge >= 0.3 is 16.2 Å². The van der Waals surface area contributed by atoms with E-state index in [0.717, 1.165) is 0 Å². The molecule has 1 atom stereocenters. The molecule has 28 heavy (non-hydrogen) atoms. The highest BCUT2D eigenvalue weighted by atomic mass is 35.5. The average Bonchev–Trinajstić information content (AvgIpc) is 2.66. The highest BCUT2D eigenvalue weighted by Gasteiger charge is 2.33. The molecular formula is C18H21ClN4O4S. The minimum absolute atomic E-state index is 0.0387. The summed E-state index contributed by atoms with van der Waals surface area (Å²) in [6.45, 7) is 3.16. The molecule has 1 aliphatic rings. The van der Waals surface area contributed by atoms with E-state index in [0.29, 0.717) is 36.0 Å². The normalized spacial score (nSPS) is 18.0. The molecule has 0 spiro atoms. The lowest BCUT2D eigenvalue weighted by Gasteiger charge is -2.35. The third-order valence-corrected chi connectivity index (χ3v) is 6.53. The summed E-state index contributed by atoms with van der Waals surface area (Å²) in [5.74, 6) is -1.09. The smallest absolute Gasteiger partial charge is 0.337 e. The van der Waals surface area contributed by atoms with Crippen LogP contribution in [0.2, 0.25) is 5.02 Å². The van der Waals surface area contributed by atoms with E-state index in [1.54, 1.807) is 24.3 Å². The average molecular weight is 425 g/mol. The van der Waals surface area contributed by atoms with E-state index in [4.69, 9.17) is 16.7 Å². The van der Waals surface area contributed by atoms with E-state index < -0.39 is 16.2 Å². The molecule has 1 aliphatic heterocycles. The van der Waals surface area contributed by atoms with Gasteiger partial charge in [0.2, 0.25) is 0 Å². The molecule has 0 aliphatic carbocycles. The Bertz CT molecular complexity index is 952. The summed E-state index contributed by atoms with van der Waals surface area (Å²) in [5.41, 5.74) is 0.886. The van der Waals surface area contributed by atoms with Crippen molar-refractivity contribution in [2.24, 2.45) is 0 Å². The molecule has 10 heteroatoms. The Hall–Kier alpha value is -2.20. The zero-order chi connectivity index (χ0) is 20.3. The third-order valence-electron chi connectivity index (χ3n) is 4.41. The predicted octanol–water partition coefficient (Wildman–Crippen LogP) is 1.98. The van der Waals surface area contributed by atoms with E-state index in [1.165, 1.54) is 26.9 Å². The summed E-state index contributed by atoms with van der Waals surface area (Å²) in [6.07, 6.45) is 1.22. The molecule has 0 bridgehead atoms. The number of hydrogen-bond donors (Lipinski definition) is 2. The lowest BCUT2D eigenvalue weighted by molar-refractivity contribution is 0.0696. The molecule has 0 radical (unpaired) electrons. The number of aromatic carboxylic acids is 1. The largest absolute Gasteiger partial charge is 0.478 e. The second kappa shape index (κ2) is 8.44. The molecule has 0 unspecified atom stereocenters. The highest BCUT2D eigenvalue weighted by molar-refractivity contribution is 7.90. The molecule has 2 N–H and O–H groups in total. The van der Waals surface area contributed by atoms with Crippen molar-refractivity contribution in [3.63, 3.8) is 0 Å². The van der Waals surface area contributed by atoms with Crippen LogP contribution in [0, 0.1) is 0 Å². The predicted molar refractivity (Wildman–Crippen MR) is 107 cm³/mol. The first kappa shape index (κ1) is 20.5. The van der Waals surface area contributed by atoms with Crippen molar-refractivity contribution in [3.05, 3.63) is 58.9 Å². The minimum Gasteiger partial charge on any atom is -0.478 e. The van der Waals surface area contributed by atoms with Gasteiger partial charge < -0.3 is 10.4 Å². The molecule has 1 aromatic heterocycles. The molecule has 3 rings (SSSR count). The molecule has 1 fully saturated rings. The zero-order valence-corrected chi connectivity index (χ0v) is 16.8. The van der Waals surface area contributed by atoms with Crippen LogP contribution in [0.1, 0.15) is 23.0 Å². The zero-order valence-electron chi connectivity index (χ0n) is 15.2. The number of anilines is 1. The van der Waals surface area contributed by atoms with Gasteiger partial charge in [-0.2, -0.15) is 12.7 Å². The fraction of sp³-hybridized carbons (Fsp3) is 0.333.